The molecule has 0 aliphatic carbocycles. The number of carbonyl (C=O) groups excluding carboxylic acids is 1. The van der Waals surface area contributed by atoms with E-state index in [1.54, 1.807) is 26.8 Å². The van der Waals surface area contributed by atoms with Gasteiger partial charge in [-0.25, -0.2) is 9.18 Å². The van der Waals surface area contributed by atoms with Crippen LogP contribution in [0.2, 0.25) is 0 Å². The standard InChI is InChI=1S/C14H18FNO4/c1-8(2)13(14(18)19)16-12(17)7-20-11-6-9(3)4-5-10(11)15/h4-6,8,13H,7H2,1-3H3,(H,16,17)(H,18,19). The van der Waals surface area contributed by atoms with E-state index in [-0.39, 0.29) is 11.7 Å². The van der Waals surface area contributed by atoms with Gasteiger partial charge in [-0.1, -0.05) is 19.9 Å². The molecule has 2 N–H and O–H groups in total. The second-order valence-corrected chi connectivity index (χ2v) is 4.85. The Kier molecular flexibility index (Phi) is 5.49. The van der Waals surface area contributed by atoms with Gasteiger partial charge in [-0.15, -0.1) is 0 Å². The molecule has 0 aliphatic heterocycles. The van der Waals surface area contributed by atoms with Crippen molar-refractivity contribution >= 4 is 11.9 Å². The topological polar surface area (TPSA) is 75.6 Å². The van der Waals surface area contributed by atoms with Crippen LogP contribution in [0.25, 0.3) is 0 Å². The van der Waals surface area contributed by atoms with E-state index in [0.717, 1.165) is 5.56 Å². The number of carbonyl (C=O) groups is 2. The largest absolute Gasteiger partial charge is 0.481 e. The Morgan fingerprint density at radius 1 is 1.40 bits per heavy atom. The summed E-state index contributed by atoms with van der Waals surface area (Å²) in [4.78, 5) is 22.5. The van der Waals surface area contributed by atoms with Crippen LogP contribution in [0, 0.1) is 18.7 Å². The van der Waals surface area contributed by atoms with E-state index in [9.17, 15) is 14.0 Å². The number of hydrogen-bond donors (Lipinski definition) is 2. The lowest BCUT2D eigenvalue weighted by Crippen LogP contribution is -2.46. The summed E-state index contributed by atoms with van der Waals surface area (Å²) < 4.78 is 18.4. The molecule has 0 spiro atoms. The van der Waals surface area contributed by atoms with Gasteiger partial charge in [0, 0.05) is 0 Å². The molecular formula is C14H18FNO4. The average Bonchev–Trinajstić information content (AvgIpc) is 2.36. The summed E-state index contributed by atoms with van der Waals surface area (Å²) in [6.07, 6.45) is 0. The van der Waals surface area contributed by atoms with Crippen molar-refractivity contribution in [2.24, 2.45) is 5.92 Å². The molecule has 6 heteroatoms. The Bertz CT molecular complexity index is 502. The van der Waals surface area contributed by atoms with Crippen molar-refractivity contribution in [2.45, 2.75) is 26.8 Å². The third kappa shape index (κ3) is 4.53. The van der Waals surface area contributed by atoms with E-state index in [2.05, 4.69) is 5.32 Å². The predicted octanol–water partition coefficient (Wildman–Crippen LogP) is 1.74. The van der Waals surface area contributed by atoms with E-state index in [1.165, 1.54) is 12.1 Å². The first kappa shape index (κ1) is 15.9. The fraction of sp³-hybridized carbons (Fsp3) is 0.429. The molecule has 0 aromatic heterocycles. The normalized spacial score (nSPS) is 12.1. The molecule has 1 unspecified atom stereocenters. The average molecular weight is 283 g/mol. The van der Waals surface area contributed by atoms with Crippen molar-refractivity contribution in [1.29, 1.82) is 0 Å². The van der Waals surface area contributed by atoms with Crippen LogP contribution in [-0.4, -0.2) is 29.6 Å². The van der Waals surface area contributed by atoms with Crippen LogP contribution in [0.4, 0.5) is 4.39 Å². The van der Waals surface area contributed by atoms with E-state index >= 15 is 0 Å². The van der Waals surface area contributed by atoms with Gasteiger partial charge in [0.1, 0.15) is 6.04 Å². The maximum Gasteiger partial charge on any atom is 0.326 e. The van der Waals surface area contributed by atoms with Crippen LogP contribution < -0.4 is 10.1 Å². The molecule has 1 aromatic rings. The molecule has 1 amide bonds. The fourth-order valence-corrected chi connectivity index (χ4v) is 1.59. The van der Waals surface area contributed by atoms with Crippen LogP contribution in [0.15, 0.2) is 18.2 Å². The molecule has 1 atom stereocenters. The quantitative estimate of drug-likeness (QED) is 0.833. The summed E-state index contributed by atoms with van der Waals surface area (Å²) >= 11 is 0. The lowest BCUT2D eigenvalue weighted by molar-refractivity contribution is -0.143. The molecule has 1 aromatic carbocycles. The minimum atomic E-state index is -1.12. The van der Waals surface area contributed by atoms with Crippen LogP contribution in [0.1, 0.15) is 19.4 Å². The number of benzene rings is 1. The summed E-state index contributed by atoms with van der Waals surface area (Å²) in [7, 11) is 0. The molecule has 0 fully saturated rings. The van der Waals surface area contributed by atoms with Gasteiger partial charge in [0.25, 0.3) is 5.91 Å². The number of aryl methyl sites for hydroxylation is 1. The Morgan fingerprint density at radius 3 is 2.60 bits per heavy atom. The van der Waals surface area contributed by atoms with Crippen molar-refractivity contribution < 1.29 is 23.8 Å². The Balaban J connectivity index is 2.59. The Labute approximate surface area is 116 Å². The van der Waals surface area contributed by atoms with E-state index in [1.807, 2.05) is 0 Å². The molecular weight excluding hydrogens is 265 g/mol. The number of rotatable bonds is 6. The van der Waals surface area contributed by atoms with Crippen LogP contribution in [0.5, 0.6) is 5.75 Å². The Morgan fingerprint density at radius 2 is 2.05 bits per heavy atom. The molecule has 5 nitrogen and oxygen atoms in total. The number of carboxylic acid groups (broad SMARTS) is 1. The van der Waals surface area contributed by atoms with Gasteiger partial charge in [0.2, 0.25) is 0 Å². The number of amides is 1. The van der Waals surface area contributed by atoms with Gasteiger partial charge < -0.3 is 15.2 Å². The number of carboxylic acids is 1. The number of aliphatic carboxylic acids is 1. The van der Waals surface area contributed by atoms with Gasteiger partial charge in [-0.3, -0.25) is 4.79 Å². The number of hydrogen-bond acceptors (Lipinski definition) is 3. The SMILES string of the molecule is Cc1ccc(F)c(OCC(=O)NC(C(=O)O)C(C)C)c1. The summed E-state index contributed by atoms with van der Waals surface area (Å²) in [6, 6.07) is 3.31. The molecule has 0 saturated heterocycles. The molecule has 0 bridgehead atoms. The highest BCUT2D eigenvalue weighted by Gasteiger charge is 2.23. The van der Waals surface area contributed by atoms with Crippen molar-refractivity contribution in [2.75, 3.05) is 6.61 Å². The molecule has 20 heavy (non-hydrogen) atoms. The first-order chi connectivity index (χ1) is 9.31. The van der Waals surface area contributed by atoms with Gasteiger partial charge in [-0.05, 0) is 30.5 Å². The fourth-order valence-electron chi connectivity index (χ4n) is 1.59. The first-order valence-corrected chi connectivity index (χ1v) is 6.22. The van der Waals surface area contributed by atoms with Crippen LogP contribution in [-0.2, 0) is 9.59 Å². The molecule has 0 saturated carbocycles. The highest BCUT2D eigenvalue weighted by Crippen LogP contribution is 2.18. The lowest BCUT2D eigenvalue weighted by atomic mass is 10.1. The molecule has 0 aliphatic rings. The van der Waals surface area contributed by atoms with Gasteiger partial charge in [0.15, 0.2) is 18.2 Å². The van der Waals surface area contributed by atoms with Crippen molar-refractivity contribution in [3.63, 3.8) is 0 Å². The maximum atomic E-state index is 13.4. The second kappa shape index (κ2) is 6.88. The molecule has 0 radical (unpaired) electrons. The predicted molar refractivity (Wildman–Crippen MR) is 71.0 cm³/mol. The van der Waals surface area contributed by atoms with Crippen molar-refractivity contribution in [1.82, 2.24) is 5.32 Å². The van der Waals surface area contributed by atoms with Crippen LogP contribution >= 0.6 is 0 Å². The third-order valence-electron chi connectivity index (χ3n) is 2.69. The van der Waals surface area contributed by atoms with Gasteiger partial charge in [-0.2, -0.15) is 0 Å². The number of halogens is 1. The summed E-state index contributed by atoms with van der Waals surface area (Å²) in [6.45, 7) is 4.70. The van der Waals surface area contributed by atoms with E-state index in [0.29, 0.717) is 0 Å². The highest BCUT2D eigenvalue weighted by molar-refractivity contribution is 5.84. The Hall–Kier alpha value is -2.11. The minimum absolute atomic E-state index is 0.0310. The summed E-state index contributed by atoms with van der Waals surface area (Å²) in [5, 5.41) is 11.3. The van der Waals surface area contributed by atoms with E-state index < -0.39 is 30.3 Å². The van der Waals surface area contributed by atoms with Gasteiger partial charge >= 0.3 is 5.97 Å². The zero-order valence-electron chi connectivity index (χ0n) is 11.6. The first-order valence-electron chi connectivity index (χ1n) is 6.22. The highest BCUT2D eigenvalue weighted by atomic mass is 19.1. The van der Waals surface area contributed by atoms with Crippen molar-refractivity contribution in [3.8, 4) is 5.75 Å². The van der Waals surface area contributed by atoms with Crippen LogP contribution in [0.3, 0.4) is 0 Å². The molecule has 110 valence electrons. The monoisotopic (exact) mass is 283 g/mol. The molecule has 0 heterocycles. The summed E-state index contributed by atoms with van der Waals surface area (Å²) in [5.41, 5.74) is 0.799. The van der Waals surface area contributed by atoms with E-state index in [4.69, 9.17) is 9.84 Å². The number of nitrogens with one attached hydrogen (secondary N) is 1. The number of ether oxygens (including phenoxy) is 1. The lowest BCUT2D eigenvalue weighted by Gasteiger charge is -2.18. The third-order valence-corrected chi connectivity index (χ3v) is 2.69. The van der Waals surface area contributed by atoms with Crippen molar-refractivity contribution in [3.05, 3.63) is 29.6 Å². The maximum absolute atomic E-state index is 13.4. The second-order valence-electron chi connectivity index (χ2n) is 4.85. The summed E-state index contributed by atoms with van der Waals surface area (Å²) in [5.74, 6) is -2.58. The minimum Gasteiger partial charge on any atom is -0.481 e. The zero-order chi connectivity index (χ0) is 15.3. The molecule has 1 rings (SSSR count). The smallest absolute Gasteiger partial charge is 0.326 e. The van der Waals surface area contributed by atoms with Gasteiger partial charge in [0.05, 0.1) is 0 Å². The zero-order valence-corrected chi connectivity index (χ0v) is 11.6.